The summed E-state index contributed by atoms with van der Waals surface area (Å²) in [5.41, 5.74) is 3.10. The monoisotopic (exact) mass is 493 g/mol. The molecule has 33 heavy (non-hydrogen) atoms. The zero-order valence-corrected chi connectivity index (χ0v) is 20.3. The van der Waals surface area contributed by atoms with Crippen LogP contribution in [0.15, 0.2) is 18.2 Å². The van der Waals surface area contributed by atoms with Gasteiger partial charge < -0.3 is 30.1 Å². The summed E-state index contributed by atoms with van der Waals surface area (Å²) in [7, 11) is 2.10. The van der Waals surface area contributed by atoms with Crippen molar-refractivity contribution in [2.24, 2.45) is 0 Å². The summed E-state index contributed by atoms with van der Waals surface area (Å²) in [6.45, 7) is 6.85. The molecule has 0 spiro atoms. The molecule has 3 N–H and O–H groups in total. The molecule has 2 fully saturated rings. The lowest BCUT2D eigenvalue weighted by molar-refractivity contribution is 0.0696. The molecule has 0 radical (unpaired) electrons. The second-order valence-electron chi connectivity index (χ2n) is 8.82. The first kappa shape index (κ1) is 23.7. The Bertz CT molecular complexity index is 1040. The summed E-state index contributed by atoms with van der Waals surface area (Å²) in [6, 6.07) is 5.59. The van der Waals surface area contributed by atoms with Crippen molar-refractivity contribution in [2.75, 3.05) is 56.1 Å². The normalized spacial score (nSPS) is 17.9. The van der Waals surface area contributed by atoms with Gasteiger partial charge in [-0.05, 0) is 45.0 Å². The van der Waals surface area contributed by atoms with Crippen LogP contribution < -0.4 is 15.1 Å². The fraction of sp³-hybridized carbons (Fsp3) is 0.478. The van der Waals surface area contributed by atoms with E-state index in [-0.39, 0.29) is 22.7 Å². The number of hydrogen-bond donors (Lipinski definition) is 3. The topological polar surface area (TPSA) is 91.9 Å². The number of halogens is 2. The molecule has 3 heterocycles. The number of rotatable bonds is 5. The second kappa shape index (κ2) is 9.83. The number of piperidine rings is 1. The number of carboxylic acids is 1. The number of H-pyrrole nitrogens is 1. The molecule has 0 aliphatic carbocycles. The van der Waals surface area contributed by atoms with E-state index in [1.165, 1.54) is 0 Å². The molecular formula is C23H29Cl2N5O3. The number of nitrogens with zero attached hydrogens (tertiary/aromatic N) is 3. The number of aromatic carboxylic acids is 1. The van der Waals surface area contributed by atoms with E-state index in [9.17, 15) is 14.7 Å². The van der Waals surface area contributed by atoms with Gasteiger partial charge in [-0.2, -0.15) is 0 Å². The number of likely N-dealkylation sites (N-methyl/N-ethyl adjacent to an activating group) is 1. The number of aromatic nitrogens is 1. The fourth-order valence-corrected chi connectivity index (χ4v) is 4.83. The van der Waals surface area contributed by atoms with Gasteiger partial charge in [0.15, 0.2) is 0 Å². The molecule has 2 saturated heterocycles. The zero-order chi connectivity index (χ0) is 23.7. The number of anilines is 2. The number of piperazine rings is 1. The van der Waals surface area contributed by atoms with Crippen LogP contribution in [0.25, 0.3) is 0 Å². The van der Waals surface area contributed by atoms with Crippen LogP contribution in [-0.2, 0) is 0 Å². The lowest BCUT2D eigenvalue weighted by atomic mass is 10.0. The molecule has 2 aliphatic heterocycles. The van der Waals surface area contributed by atoms with Gasteiger partial charge in [0, 0.05) is 62.4 Å². The van der Waals surface area contributed by atoms with E-state index in [2.05, 4.69) is 38.1 Å². The summed E-state index contributed by atoms with van der Waals surface area (Å²) in [5, 5.41) is 13.3. The molecule has 178 valence electrons. The van der Waals surface area contributed by atoms with Crippen molar-refractivity contribution < 1.29 is 14.7 Å². The van der Waals surface area contributed by atoms with Crippen LogP contribution in [0, 0.1) is 6.92 Å². The summed E-state index contributed by atoms with van der Waals surface area (Å²) in [6.07, 6.45) is 1.50. The van der Waals surface area contributed by atoms with Crippen LogP contribution in [-0.4, -0.2) is 79.2 Å². The van der Waals surface area contributed by atoms with Crippen LogP contribution in [0.5, 0.6) is 0 Å². The molecule has 0 atom stereocenters. The van der Waals surface area contributed by atoms with E-state index >= 15 is 0 Å². The maximum Gasteiger partial charge on any atom is 0.335 e. The highest BCUT2D eigenvalue weighted by atomic mass is 35.5. The third-order valence-electron chi connectivity index (χ3n) is 6.49. The highest BCUT2D eigenvalue weighted by Gasteiger charge is 2.25. The number of aromatic amines is 1. The average molecular weight is 494 g/mol. The van der Waals surface area contributed by atoms with Crippen molar-refractivity contribution in [3.05, 3.63) is 45.2 Å². The van der Waals surface area contributed by atoms with E-state index in [4.69, 9.17) is 23.2 Å². The van der Waals surface area contributed by atoms with Crippen LogP contribution in [0.4, 0.5) is 11.4 Å². The third-order valence-corrected chi connectivity index (χ3v) is 7.44. The van der Waals surface area contributed by atoms with Crippen LogP contribution in [0.3, 0.4) is 0 Å². The molecule has 1 aromatic carbocycles. The van der Waals surface area contributed by atoms with Crippen LogP contribution in [0.2, 0.25) is 10.0 Å². The van der Waals surface area contributed by atoms with Gasteiger partial charge in [-0.25, -0.2) is 4.79 Å². The van der Waals surface area contributed by atoms with Crippen molar-refractivity contribution in [1.29, 1.82) is 0 Å². The van der Waals surface area contributed by atoms with E-state index in [1.54, 1.807) is 19.1 Å². The zero-order valence-electron chi connectivity index (χ0n) is 18.8. The van der Waals surface area contributed by atoms with Gasteiger partial charge in [-0.3, -0.25) is 4.79 Å². The molecule has 0 unspecified atom stereocenters. The highest BCUT2D eigenvalue weighted by Crippen LogP contribution is 2.30. The Labute approximate surface area is 203 Å². The van der Waals surface area contributed by atoms with Crippen molar-refractivity contribution in [2.45, 2.75) is 25.8 Å². The molecule has 0 bridgehead atoms. The van der Waals surface area contributed by atoms with Gasteiger partial charge in [-0.1, -0.05) is 23.2 Å². The minimum absolute atomic E-state index is 0.00644. The van der Waals surface area contributed by atoms with E-state index < -0.39 is 5.97 Å². The first-order chi connectivity index (χ1) is 15.7. The van der Waals surface area contributed by atoms with Crippen molar-refractivity contribution >= 4 is 46.5 Å². The lowest BCUT2D eigenvalue weighted by Gasteiger charge is -2.37. The SMILES string of the molecule is Cc1[nH]c(C(=O)NC2CCN(c3cc(C(=O)O)cc(N4CCN(C)CC4)c3)CC2)c(Cl)c1Cl. The number of carboxylic acid groups (broad SMARTS) is 1. The average Bonchev–Trinajstić information content (AvgIpc) is 3.07. The molecule has 4 rings (SSSR count). The number of hydrogen-bond acceptors (Lipinski definition) is 5. The molecular weight excluding hydrogens is 465 g/mol. The lowest BCUT2D eigenvalue weighted by Crippen LogP contribution is -2.45. The van der Waals surface area contributed by atoms with Crippen molar-refractivity contribution in [3.63, 3.8) is 0 Å². The Morgan fingerprint density at radius 1 is 0.970 bits per heavy atom. The fourth-order valence-electron chi connectivity index (χ4n) is 4.42. The Kier molecular flexibility index (Phi) is 7.07. The van der Waals surface area contributed by atoms with Gasteiger partial charge in [-0.15, -0.1) is 0 Å². The second-order valence-corrected chi connectivity index (χ2v) is 9.58. The summed E-state index contributed by atoms with van der Waals surface area (Å²) in [4.78, 5) is 34.1. The Balaban J connectivity index is 1.43. The smallest absolute Gasteiger partial charge is 0.335 e. The summed E-state index contributed by atoms with van der Waals surface area (Å²) in [5.74, 6) is -1.19. The number of carbonyl (C=O) groups is 2. The van der Waals surface area contributed by atoms with Gasteiger partial charge in [0.2, 0.25) is 0 Å². The molecule has 8 nitrogen and oxygen atoms in total. The van der Waals surface area contributed by atoms with Gasteiger partial charge in [0.05, 0.1) is 15.6 Å². The molecule has 1 aromatic heterocycles. The number of benzene rings is 1. The summed E-state index contributed by atoms with van der Waals surface area (Å²) < 4.78 is 0. The van der Waals surface area contributed by atoms with Gasteiger partial charge in [0.25, 0.3) is 5.91 Å². The number of aryl methyl sites for hydroxylation is 1. The van der Waals surface area contributed by atoms with Gasteiger partial charge in [0.1, 0.15) is 5.69 Å². The maximum absolute atomic E-state index is 12.6. The first-order valence-corrected chi connectivity index (χ1v) is 11.9. The number of nitrogens with one attached hydrogen (secondary N) is 2. The maximum atomic E-state index is 12.6. The quantitative estimate of drug-likeness (QED) is 0.590. The first-order valence-electron chi connectivity index (χ1n) is 11.1. The standard InChI is InChI=1S/C23H29Cl2N5O3/c1-14-19(24)20(25)21(26-14)22(31)27-16-3-5-29(6-4-16)17-11-15(23(32)33)12-18(13-17)30-9-7-28(2)8-10-30/h11-13,16,26H,3-10H2,1-2H3,(H,27,31)(H,32,33). The molecule has 10 heteroatoms. The minimum atomic E-state index is -0.925. The van der Waals surface area contributed by atoms with E-state index in [0.717, 1.165) is 50.4 Å². The Hall–Kier alpha value is -2.42. The minimum Gasteiger partial charge on any atom is -0.478 e. The Morgan fingerprint density at radius 3 is 2.06 bits per heavy atom. The molecule has 1 amide bonds. The van der Waals surface area contributed by atoms with Crippen molar-refractivity contribution in [3.8, 4) is 0 Å². The highest BCUT2D eigenvalue weighted by molar-refractivity contribution is 6.44. The van der Waals surface area contributed by atoms with E-state index in [1.807, 2.05) is 0 Å². The van der Waals surface area contributed by atoms with Crippen LogP contribution >= 0.6 is 23.2 Å². The van der Waals surface area contributed by atoms with Crippen LogP contribution in [0.1, 0.15) is 39.4 Å². The van der Waals surface area contributed by atoms with Gasteiger partial charge >= 0.3 is 5.97 Å². The molecule has 2 aliphatic rings. The number of amides is 1. The Morgan fingerprint density at radius 2 is 1.55 bits per heavy atom. The molecule has 0 saturated carbocycles. The van der Waals surface area contributed by atoms with Crippen molar-refractivity contribution in [1.82, 2.24) is 15.2 Å². The predicted octanol–water partition coefficient (Wildman–Crippen LogP) is 3.48. The largest absolute Gasteiger partial charge is 0.478 e. The predicted molar refractivity (Wildman–Crippen MR) is 131 cm³/mol. The third kappa shape index (κ3) is 5.23. The number of carbonyl (C=O) groups excluding carboxylic acids is 1. The molecule has 2 aromatic rings. The summed E-state index contributed by atoms with van der Waals surface area (Å²) >= 11 is 12.3. The van der Waals surface area contributed by atoms with E-state index in [0.29, 0.717) is 29.4 Å².